The van der Waals surface area contributed by atoms with E-state index in [9.17, 15) is 14.9 Å². The van der Waals surface area contributed by atoms with E-state index in [1.807, 2.05) is 0 Å². The van der Waals surface area contributed by atoms with Gasteiger partial charge in [0.15, 0.2) is 0 Å². The largest absolute Gasteiger partial charge is 0.321 e. The topological polar surface area (TPSA) is 86.2 Å². The van der Waals surface area contributed by atoms with Crippen LogP contribution in [0.3, 0.4) is 0 Å². The van der Waals surface area contributed by atoms with Crippen LogP contribution in [0.1, 0.15) is 25.8 Å². The normalized spacial score (nSPS) is 14.2. The van der Waals surface area contributed by atoms with Crippen LogP contribution in [0.2, 0.25) is 0 Å². The molecule has 0 aliphatic carbocycles. The predicted molar refractivity (Wildman–Crippen MR) is 59.9 cm³/mol. The van der Waals surface area contributed by atoms with Gasteiger partial charge in [-0.25, -0.2) is 0 Å². The van der Waals surface area contributed by atoms with Crippen LogP contribution in [0.5, 0.6) is 0 Å². The predicted octanol–water partition coefficient (Wildman–Crippen LogP) is 1.75. The van der Waals surface area contributed by atoms with Crippen molar-refractivity contribution < 1.29 is 9.72 Å². The van der Waals surface area contributed by atoms with Gasteiger partial charge in [0, 0.05) is 24.1 Å². The van der Waals surface area contributed by atoms with E-state index in [1.165, 1.54) is 19.1 Å². The summed E-state index contributed by atoms with van der Waals surface area (Å²) in [5, 5.41) is 10.6. The number of Topliss-reactive ketones (excluding diaryl/α,β-unsaturated/α-hetero) is 1. The molecular formula is C11H14N2O3. The molecule has 5 heteroatoms. The maximum Gasteiger partial charge on any atom is 0.269 e. The second-order valence-corrected chi connectivity index (χ2v) is 4.10. The molecule has 1 rings (SSSR count). The molecule has 0 spiro atoms. The minimum Gasteiger partial charge on any atom is -0.321 e. The Morgan fingerprint density at radius 1 is 1.56 bits per heavy atom. The number of nitro groups is 1. The molecule has 0 bridgehead atoms. The van der Waals surface area contributed by atoms with Crippen molar-refractivity contribution in [3.63, 3.8) is 0 Å². The third-order valence-corrected chi connectivity index (χ3v) is 2.33. The third kappa shape index (κ3) is 2.87. The zero-order valence-electron chi connectivity index (χ0n) is 9.27. The number of carbonyl (C=O) groups is 1. The van der Waals surface area contributed by atoms with Crippen molar-refractivity contribution in [1.82, 2.24) is 0 Å². The smallest absolute Gasteiger partial charge is 0.269 e. The van der Waals surface area contributed by atoms with Crippen LogP contribution >= 0.6 is 0 Å². The average Bonchev–Trinajstić information content (AvgIpc) is 2.16. The van der Waals surface area contributed by atoms with Gasteiger partial charge in [0.1, 0.15) is 5.78 Å². The minimum atomic E-state index is -0.863. The van der Waals surface area contributed by atoms with Crippen molar-refractivity contribution in [3.05, 3.63) is 39.9 Å². The molecule has 0 aliphatic rings. The molecular weight excluding hydrogens is 208 g/mol. The molecule has 2 N–H and O–H groups in total. The minimum absolute atomic E-state index is 0.0160. The van der Waals surface area contributed by atoms with Crippen molar-refractivity contribution >= 4 is 11.5 Å². The maximum atomic E-state index is 11.0. The monoisotopic (exact) mass is 222 g/mol. The first-order valence-electron chi connectivity index (χ1n) is 4.86. The number of hydrogen-bond donors (Lipinski definition) is 1. The van der Waals surface area contributed by atoms with Gasteiger partial charge in [-0.05, 0) is 19.4 Å². The number of ketones is 1. The summed E-state index contributed by atoms with van der Waals surface area (Å²) in [4.78, 5) is 21.2. The highest BCUT2D eigenvalue weighted by Gasteiger charge is 2.24. The number of nitrogens with zero attached hydrogens (tertiary/aromatic N) is 1. The van der Waals surface area contributed by atoms with E-state index < -0.39 is 10.5 Å². The highest BCUT2D eigenvalue weighted by molar-refractivity contribution is 5.77. The molecule has 0 saturated heterocycles. The molecule has 1 aromatic rings. The van der Waals surface area contributed by atoms with E-state index in [4.69, 9.17) is 5.73 Å². The summed E-state index contributed by atoms with van der Waals surface area (Å²) in [5.74, 6) is -0.0449. The lowest BCUT2D eigenvalue weighted by atomic mass is 9.88. The van der Waals surface area contributed by atoms with Gasteiger partial charge < -0.3 is 5.73 Å². The molecule has 1 aromatic carbocycles. The highest BCUT2D eigenvalue weighted by atomic mass is 16.6. The van der Waals surface area contributed by atoms with Crippen molar-refractivity contribution in [2.24, 2.45) is 5.73 Å². The molecule has 16 heavy (non-hydrogen) atoms. The first-order valence-corrected chi connectivity index (χ1v) is 4.86. The van der Waals surface area contributed by atoms with Gasteiger partial charge in [-0.15, -0.1) is 0 Å². The summed E-state index contributed by atoms with van der Waals surface area (Å²) in [6, 6.07) is 6.06. The Kier molecular flexibility index (Phi) is 3.39. The van der Waals surface area contributed by atoms with E-state index in [2.05, 4.69) is 0 Å². The van der Waals surface area contributed by atoms with Crippen LogP contribution in [-0.2, 0) is 10.3 Å². The van der Waals surface area contributed by atoms with E-state index in [-0.39, 0.29) is 17.9 Å². The fourth-order valence-electron chi connectivity index (χ4n) is 1.59. The SMILES string of the molecule is CC(=O)C[C@](C)(N)c1cccc([N+](=O)[O-])c1. The average molecular weight is 222 g/mol. The molecule has 0 aromatic heterocycles. The van der Waals surface area contributed by atoms with Crippen LogP contribution in [0, 0.1) is 10.1 Å². The standard InChI is InChI=1S/C11H14N2O3/c1-8(14)7-11(2,12)9-4-3-5-10(6-9)13(15)16/h3-6H,7,12H2,1-2H3/t11-/m0/s1. The highest BCUT2D eigenvalue weighted by Crippen LogP contribution is 2.25. The first-order chi connectivity index (χ1) is 7.33. The Labute approximate surface area is 93.4 Å². The molecule has 0 unspecified atom stereocenters. The van der Waals surface area contributed by atoms with E-state index in [0.29, 0.717) is 5.56 Å². The van der Waals surface area contributed by atoms with Gasteiger partial charge in [-0.3, -0.25) is 14.9 Å². The summed E-state index contributed by atoms with van der Waals surface area (Å²) >= 11 is 0. The lowest BCUT2D eigenvalue weighted by Gasteiger charge is -2.23. The molecule has 0 fully saturated rings. The van der Waals surface area contributed by atoms with Crippen LogP contribution in [0.15, 0.2) is 24.3 Å². The Morgan fingerprint density at radius 3 is 2.69 bits per heavy atom. The second-order valence-electron chi connectivity index (χ2n) is 4.10. The summed E-state index contributed by atoms with van der Waals surface area (Å²) in [5.41, 5.74) is 5.68. The number of nitrogens with two attached hydrogens (primary N) is 1. The van der Waals surface area contributed by atoms with Crippen molar-refractivity contribution in [3.8, 4) is 0 Å². The summed E-state index contributed by atoms with van der Waals surface area (Å²) in [7, 11) is 0. The molecule has 86 valence electrons. The molecule has 5 nitrogen and oxygen atoms in total. The number of nitro benzene ring substituents is 1. The van der Waals surface area contributed by atoms with Crippen LogP contribution in [0.4, 0.5) is 5.69 Å². The number of hydrogen-bond acceptors (Lipinski definition) is 4. The van der Waals surface area contributed by atoms with Gasteiger partial charge >= 0.3 is 0 Å². The Morgan fingerprint density at radius 2 is 2.19 bits per heavy atom. The Hall–Kier alpha value is -1.75. The maximum absolute atomic E-state index is 11.0. The molecule has 0 saturated carbocycles. The van der Waals surface area contributed by atoms with Gasteiger partial charge in [0.05, 0.1) is 4.92 Å². The summed E-state index contributed by atoms with van der Waals surface area (Å²) in [6.45, 7) is 3.13. The summed E-state index contributed by atoms with van der Waals surface area (Å²) in [6.07, 6.45) is 0.161. The van der Waals surface area contributed by atoms with E-state index >= 15 is 0 Å². The quantitative estimate of drug-likeness (QED) is 0.621. The van der Waals surface area contributed by atoms with Gasteiger partial charge in [-0.2, -0.15) is 0 Å². The van der Waals surface area contributed by atoms with Crippen LogP contribution in [-0.4, -0.2) is 10.7 Å². The number of rotatable bonds is 4. The van der Waals surface area contributed by atoms with Gasteiger partial charge in [0.25, 0.3) is 5.69 Å². The fraction of sp³-hybridized carbons (Fsp3) is 0.364. The van der Waals surface area contributed by atoms with Crippen molar-refractivity contribution in [2.45, 2.75) is 25.8 Å². The zero-order chi connectivity index (χ0) is 12.3. The zero-order valence-corrected chi connectivity index (χ0v) is 9.27. The van der Waals surface area contributed by atoms with Crippen LogP contribution < -0.4 is 5.73 Å². The lowest BCUT2D eigenvalue weighted by Crippen LogP contribution is -2.35. The molecule has 1 atom stereocenters. The van der Waals surface area contributed by atoms with Crippen LogP contribution in [0.25, 0.3) is 0 Å². The molecule has 0 radical (unpaired) electrons. The van der Waals surface area contributed by atoms with E-state index in [0.717, 1.165) is 0 Å². The lowest BCUT2D eigenvalue weighted by molar-refractivity contribution is -0.385. The fourth-order valence-corrected chi connectivity index (χ4v) is 1.59. The van der Waals surface area contributed by atoms with Crippen molar-refractivity contribution in [1.29, 1.82) is 0 Å². The number of benzene rings is 1. The Balaban J connectivity index is 3.07. The second kappa shape index (κ2) is 4.40. The molecule has 0 aliphatic heterocycles. The number of non-ortho nitro benzene ring substituents is 1. The van der Waals surface area contributed by atoms with Gasteiger partial charge in [0.2, 0.25) is 0 Å². The summed E-state index contributed by atoms with van der Waals surface area (Å²) < 4.78 is 0. The number of carbonyl (C=O) groups excluding carboxylic acids is 1. The molecule has 0 heterocycles. The Bertz CT molecular complexity index is 427. The van der Waals surface area contributed by atoms with E-state index in [1.54, 1.807) is 19.1 Å². The van der Waals surface area contributed by atoms with Crippen molar-refractivity contribution in [2.75, 3.05) is 0 Å². The molecule has 0 amide bonds. The van der Waals surface area contributed by atoms with Gasteiger partial charge in [-0.1, -0.05) is 12.1 Å². The first kappa shape index (κ1) is 12.3. The third-order valence-electron chi connectivity index (χ3n) is 2.33.